The molecule has 2 N–H and O–H groups in total. The van der Waals surface area contributed by atoms with Crippen molar-refractivity contribution < 1.29 is 21.6 Å². The number of hydrogen-bond acceptors (Lipinski definition) is 6. The summed E-state index contributed by atoms with van der Waals surface area (Å²) in [6.07, 6.45) is 3.43. The van der Waals surface area contributed by atoms with Crippen molar-refractivity contribution >= 4 is 71.9 Å². The number of likely N-dealkylation sites (tertiary alicyclic amines) is 1. The zero-order valence-corrected chi connectivity index (χ0v) is 20.5. The molecular formula is C19H17Cl2N3O5S3. The van der Waals surface area contributed by atoms with Crippen molar-refractivity contribution in [3.05, 3.63) is 62.4 Å². The van der Waals surface area contributed by atoms with Gasteiger partial charge in [-0.05, 0) is 42.2 Å². The molecule has 1 aliphatic heterocycles. The molecule has 0 saturated carbocycles. The number of halogens is 2. The molecule has 1 aromatic carbocycles. The van der Waals surface area contributed by atoms with E-state index in [2.05, 4.69) is 9.44 Å². The average Bonchev–Trinajstić information content (AvgIpc) is 3.35. The third-order valence-corrected chi connectivity index (χ3v) is 10.1. The lowest BCUT2D eigenvalue weighted by atomic mass is 9.97. The number of anilines is 2. The normalized spacial score (nSPS) is 18.8. The van der Waals surface area contributed by atoms with Gasteiger partial charge < -0.3 is 4.90 Å². The molecule has 1 aliphatic carbocycles. The van der Waals surface area contributed by atoms with Gasteiger partial charge in [0.1, 0.15) is 4.21 Å². The van der Waals surface area contributed by atoms with Gasteiger partial charge in [0.2, 0.25) is 5.91 Å². The van der Waals surface area contributed by atoms with Crippen molar-refractivity contribution in [2.75, 3.05) is 16.5 Å². The fourth-order valence-corrected chi connectivity index (χ4v) is 7.17. The molecule has 1 fully saturated rings. The number of sulfonamides is 2. The maximum Gasteiger partial charge on any atom is 0.271 e. The Morgan fingerprint density at radius 1 is 1.00 bits per heavy atom. The Kier molecular flexibility index (Phi) is 6.05. The highest BCUT2D eigenvalue weighted by Crippen LogP contribution is 2.39. The third-order valence-electron chi connectivity index (χ3n) is 5.14. The average molecular weight is 534 g/mol. The lowest BCUT2D eigenvalue weighted by molar-refractivity contribution is -0.125. The topological polar surface area (TPSA) is 113 Å². The molecule has 0 bridgehead atoms. The van der Waals surface area contributed by atoms with Crippen LogP contribution < -0.4 is 9.44 Å². The monoisotopic (exact) mass is 533 g/mol. The van der Waals surface area contributed by atoms with Crippen LogP contribution in [0, 0.1) is 5.92 Å². The van der Waals surface area contributed by atoms with E-state index in [4.69, 9.17) is 23.2 Å². The van der Waals surface area contributed by atoms with E-state index in [0.717, 1.165) is 17.0 Å². The number of rotatable bonds is 6. The second kappa shape index (κ2) is 8.38. The maximum atomic E-state index is 13.1. The lowest BCUT2D eigenvalue weighted by Crippen LogP contribution is -2.22. The van der Waals surface area contributed by atoms with Gasteiger partial charge in [0.15, 0.2) is 0 Å². The van der Waals surface area contributed by atoms with Gasteiger partial charge in [-0.1, -0.05) is 29.3 Å². The van der Waals surface area contributed by atoms with Crippen LogP contribution in [0.15, 0.2) is 56.6 Å². The summed E-state index contributed by atoms with van der Waals surface area (Å²) in [5.74, 6) is -0.300. The molecule has 0 radical (unpaired) electrons. The first kappa shape index (κ1) is 23.1. The molecule has 4 rings (SSSR count). The van der Waals surface area contributed by atoms with Crippen LogP contribution in [-0.4, -0.2) is 34.7 Å². The molecule has 1 atom stereocenters. The molecule has 0 spiro atoms. The molecule has 2 aliphatic rings. The standard InChI is InChI=1S/C19H17Cl2N3O5S3/c1-24-17-5-4-12(7-11(17)8-18(24)25)31(26,27)22-15-9-13(20)14(21)10-16(15)23-32(28,29)19-3-2-6-30-19/h2-6,9-11,22-23H,7-8H2,1H3. The summed E-state index contributed by atoms with van der Waals surface area (Å²) in [7, 11) is -6.38. The maximum absolute atomic E-state index is 13.1. The summed E-state index contributed by atoms with van der Waals surface area (Å²) in [5, 5.41) is 1.71. The first-order chi connectivity index (χ1) is 15.0. The van der Waals surface area contributed by atoms with Crippen LogP contribution in [-0.2, 0) is 24.8 Å². The Hall–Kier alpha value is -2.05. The second-order valence-electron chi connectivity index (χ2n) is 7.24. The summed E-state index contributed by atoms with van der Waals surface area (Å²) in [4.78, 5) is 13.5. The van der Waals surface area contributed by atoms with Crippen LogP contribution in [0.4, 0.5) is 11.4 Å². The van der Waals surface area contributed by atoms with Crippen LogP contribution in [0.2, 0.25) is 10.0 Å². The van der Waals surface area contributed by atoms with Crippen LogP contribution in [0.1, 0.15) is 12.8 Å². The number of allylic oxidation sites excluding steroid dienone is 4. The Labute approximate surface area is 199 Å². The SMILES string of the molecule is CN1C(=O)CC2CC(S(=O)(=O)Nc3cc(Cl)c(Cl)cc3NS(=O)(=O)c3cccs3)=CC=C21. The summed E-state index contributed by atoms with van der Waals surface area (Å²) < 4.78 is 56.3. The van der Waals surface area contributed by atoms with Crippen LogP contribution in [0.25, 0.3) is 0 Å². The number of nitrogens with zero attached hydrogens (tertiary/aromatic N) is 1. The minimum Gasteiger partial charge on any atom is -0.319 e. The lowest BCUT2D eigenvalue weighted by Gasteiger charge is -2.22. The van der Waals surface area contributed by atoms with Gasteiger partial charge in [-0.25, -0.2) is 16.8 Å². The highest BCUT2D eigenvalue weighted by atomic mass is 35.5. The zero-order chi connectivity index (χ0) is 23.3. The summed E-state index contributed by atoms with van der Waals surface area (Å²) in [5.41, 5.74) is 0.627. The van der Waals surface area contributed by atoms with Gasteiger partial charge in [-0.2, -0.15) is 0 Å². The van der Waals surface area contributed by atoms with Gasteiger partial charge in [0.25, 0.3) is 20.0 Å². The quantitative estimate of drug-likeness (QED) is 0.576. The number of carbonyl (C=O) groups is 1. The van der Waals surface area contributed by atoms with Crippen molar-refractivity contribution in [3.8, 4) is 0 Å². The van der Waals surface area contributed by atoms with E-state index in [1.807, 2.05) is 0 Å². The minimum atomic E-state index is -4.07. The van der Waals surface area contributed by atoms with Crippen LogP contribution >= 0.6 is 34.5 Å². The van der Waals surface area contributed by atoms with Crippen LogP contribution in [0.5, 0.6) is 0 Å². The predicted molar refractivity (Wildman–Crippen MR) is 126 cm³/mol. The number of amides is 1. The first-order valence-electron chi connectivity index (χ1n) is 9.23. The fourth-order valence-electron chi connectivity index (χ4n) is 3.52. The largest absolute Gasteiger partial charge is 0.319 e. The molecular weight excluding hydrogens is 517 g/mol. The Balaban J connectivity index is 1.66. The first-order valence-corrected chi connectivity index (χ1v) is 13.8. The summed E-state index contributed by atoms with van der Waals surface area (Å²) in [6, 6.07) is 5.49. The minimum absolute atomic E-state index is 0.0475. The highest BCUT2D eigenvalue weighted by molar-refractivity contribution is 7.96. The Bertz CT molecular complexity index is 1370. The number of carbonyl (C=O) groups excluding carboxylic acids is 1. The number of thiophene rings is 1. The van der Waals surface area contributed by atoms with Crippen molar-refractivity contribution in [1.82, 2.24) is 4.90 Å². The van der Waals surface area contributed by atoms with E-state index in [9.17, 15) is 21.6 Å². The van der Waals surface area contributed by atoms with E-state index >= 15 is 0 Å². The number of hydrogen-bond donors (Lipinski definition) is 2. The number of nitrogens with one attached hydrogen (secondary N) is 2. The smallest absolute Gasteiger partial charge is 0.271 e. The third kappa shape index (κ3) is 4.40. The van der Waals surface area contributed by atoms with Crippen LogP contribution in [0.3, 0.4) is 0 Å². The molecule has 32 heavy (non-hydrogen) atoms. The Morgan fingerprint density at radius 2 is 1.62 bits per heavy atom. The number of fused-ring (bicyclic) bond motifs is 1. The number of benzene rings is 1. The molecule has 1 unspecified atom stereocenters. The van der Waals surface area contributed by atoms with Gasteiger partial charge in [-0.15, -0.1) is 11.3 Å². The van der Waals surface area contributed by atoms with E-state index in [0.29, 0.717) is 0 Å². The van der Waals surface area contributed by atoms with Gasteiger partial charge >= 0.3 is 0 Å². The summed E-state index contributed by atoms with van der Waals surface area (Å²) in [6.45, 7) is 0. The van der Waals surface area contributed by atoms with E-state index in [1.54, 1.807) is 24.6 Å². The molecule has 2 aromatic rings. The molecule has 1 amide bonds. The van der Waals surface area contributed by atoms with Gasteiger partial charge in [0.05, 0.1) is 26.3 Å². The molecule has 2 heterocycles. The molecule has 1 aromatic heterocycles. The van der Waals surface area contributed by atoms with E-state index in [1.165, 1.54) is 29.2 Å². The van der Waals surface area contributed by atoms with E-state index < -0.39 is 20.0 Å². The molecule has 170 valence electrons. The second-order valence-corrected chi connectivity index (χ2v) is 12.6. The van der Waals surface area contributed by atoms with Crippen molar-refractivity contribution in [1.29, 1.82) is 0 Å². The fraction of sp³-hybridized carbons (Fsp3) is 0.211. The van der Waals surface area contributed by atoms with Crippen molar-refractivity contribution in [2.24, 2.45) is 5.92 Å². The van der Waals surface area contributed by atoms with E-state index in [-0.39, 0.29) is 55.2 Å². The Morgan fingerprint density at radius 3 is 2.22 bits per heavy atom. The van der Waals surface area contributed by atoms with Crippen molar-refractivity contribution in [2.45, 2.75) is 17.1 Å². The molecule has 13 heteroatoms. The van der Waals surface area contributed by atoms with Gasteiger partial charge in [0, 0.05) is 25.1 Å². The van der Waals surface area contributed by atoms with Crippen molar-refractivity contribution in [3.63, 3.8) is 0 Å². The molecule has 8 nitrogen and oxygen atoms in total. The van der Waals surface area contributed by atoms with Gasteiger partial charge in [-0.3, -0.25) is 14.2 Å². The highest BCUT2D eigenvalue weighted by Gasteiger charge is 2.37. The zero-order valence-electron chi connectivity index (χ0n) is 16.5. The predicted octanol–water partition coefficient (Wildman–Crippen LogP) is 4.25. The molecule has 1 saturated heterocycles. The summed E-state index contributed by atoms with van der Waals surface area (Å²) >= 11 is 13.1.